The second-order valence-electron chi connectivity index (χ2n) is 7.07. The molecular weight excluding hydrogens is 326 g/mol. The van der Waals surface area contributed by atoms with Crippen molar-refractivity contribution in [2.75, 3.05) is 5.32 Å². The first-order valence-electron chi connectivity index (χ1n) is 9.00. The summed E-state index contributed by atoms with van der Waals surface area (Å²) in [6, 6.07) is 14.9. The highest BCUT2D eigenvalue weighted by Crippen LogP contribution is 2.27. The summed E-state index contributed by atoms with van der Waals surface area (Å²) in [6.07, 6.45) is 3.49. The van der Waals surface area contributed by atoms with E-state index in [0.29, 0.717) is 17.8 Å². The number of nitrogens with two attached hydrogens (primary N) is 1. The van der Waals surface area contributed by atoms with Crippen LogP contribution in [0.4, 0.5) is 5.69 Å². The maximum absolute atomic E-state index is 12.3. The second kappa shape index (κ2) is 7.70. The number of aryl methyl sites for hydroxylation is 1. The second-order valence-corrected chi connectivity index (χ2v) is 7.07. The lowest BCUT2D eigenvalue weighted by molar-refractivity contribution is -0.126. The molecule has 1 saturated carbocycles. The Kier molecular flexibility index (Phi) is 5.38. The smallest absolute Gasteiger partial charge is 0.255 e. The van der Waals surface area contributed by atoms with Crippen LogP contribution in [0.1, 0.15) is 47.2 Å². The third-order valence-electron chi connectivity index (χ3n) is 4.90. The maximum Gasteiger partial charge on any atom is 0.255 e. The van der Waals surface area contributed by atoms with Crippen molar-refractivity contribution >= 4 is 17.5 Å². The van der Waals surface area contributed by atoms with Crippen molar-refractivity contribution in [1.82, 2.24) is 5.32 Å². The van der Waals surface area contributed by atoms with Crippen molar-refractivity contribution in [3.63, 3.8) is 0 Å². The molecule has 0 spiro atoms. The van der Waals surface area contributed by atoms with Crippen molar-refractivity contribution in [3.05, 3.63) is 65.2 Å². The Morgan fingerprint density at radius 2 is 1.77 bits per heavy atom. The van der Waals surface area contributed by atoms with Gasteiger partial charge in [0.2, 0.25) is 5.91 Å². The predicted octanol–water partition coefficient (Wildman–Crippen LogP) is 3.14. The van der Waals surface area contributed by atoms with Crippen LogP contribution in [0.25, 0.3) is 0 Å². The van der Waals surface area contributed by atoms with E-state index in [1.54, 1.807) is 12.1 Å². The number of carbonyl (C=O) groups excluding carboxylic acids is 2. The minimum absolute atomic E-state index is 0.0934. The molecule has 5 nitrogen and oxygen atoms in total. The molecule has 1 aliphatic carbocycles. The van der Waals surface area contributed by atoms with Crippen LogP contribution in [0.15, 0.2) is 48.5 Å². The molecule has 2 aromatic carbocycles. The molecule has 0 heterocycles. The van der Waals surface area contributed by atoms with Gasteiger partial charge in [-0.3, -0.25) is 9.59 Å². The molecule has 1 fully saturated rings. The molecule has 0 aliphatic heterocycles. The van der Waals surface area contributed by atoms with Crippen molar-refractivity contribution in [1.29, 1.82) is 0 Å². The Hall–Kier alpha value is -2.66. The van der Waals surface area contributed by atoms with Gasteiger partial charge in [-0.25, -0.2) is 0 Å². The fourth-order valence-electron chi connectivity index (χ4n) is 3.26. The molecule has 1 aliphatic rings. The van der Waals surface area contributed by atoms with Gasteiger partial charge in [-0.05, 0) is 49.6 Å². The zero-order chi connectivity index (χ0) is 18.6. The topological polar surface area (TPSA) is 84.2 Å². The average Bonchev–Trinajstić information content (AvgIpc) is 3.08. The van der Waals surface area contributed by atoms with Gasteiger partial charge >= 0.3 is 0 Å². The van der Waals surface area contributed by atoms with E-state index >= 15 is 0 Å². The number of carbonyl (C=O) groups is 2. The predicted molar refractivity (Wildman–Crippen MR) is 103 cm³/mol. The van der Waals surface area contributed by atoms with Gasteiger partial charge in [-0.1, -0.05) is 42.7 Å². The summed E-state index contributed by atoms with van der Waals surface area (Å²) in [4.78, 5) is 24.6. The van der Waals surface area contributed by atoms with Gasteiger partial charge in [-0.2, -0.15) is 0 Å². The van der Waals surface area contributed by atoms with Crippen molar-refractivity contribution in [3.8, 4) is 0 Å². The van der Waals surface area contributed by atoms with Gasteiger partial charge in [0.05, 0.1) is 5.54 Å². The van der Waals surface area contributed by atoms with Gasteiger partial charge in [0.1, 0.15) is 0 Å². The molecule has 0 aromatic heterocycles. The number of rotatable bonds is 5. The molecule has 26 heavy (non-hydrogen) atoms. The first-order valence-corrected chi connectivity index (χ1v) is 9.00. The molecule has 0 atom stereocenters. The summed E-state index contributed by atoms with van der Waals surface area (Å²) in [5.41, 5.74) is 8.78. The van der Waals surface area contributed by atoms with Crippen LogP contribution in [0.5, 0.6) is 0 Å². The van der Waals surface area contributed by atoms with Gasteiger partial charge in [-0.15, -0.1) is 0 Å². The molecule has 2 amide bonds. The third-order valence-corrected chi connectivity index (χ3v) is 4.90. The zero-order valence-corrected chi connectivity index (χ0v) is 15.0. The van der Waals surface area contributed by atoms with Crippen LogP contribution < -0.4 is 16.4 Å². The summed E-state index contributed by atoms with van der Waals surface area (Å²) in [5, 5.41) is 5.82. The van der Waals surface area contributed by atoms with E-state index in [1.165, 1.54) is 0 Å². The first-order chi connectivity index (χ1) is 12.5. The lowest BCUT2D eigenvalue weighted by atomic mass is 9.98. The van der Waals surface area contributed by atoms with E-state index in [-0.39, 0.29) is 11.8 Å². The van der Waals surface area contributed by atoms with Crippen LogP contribution in [0.3, 0.4) is 0 Å². The van der Waals surface area contributed by atoms with Crippen molar-refractivity contribution < 1.29 is 9.59 Å². The van der Waals surface area contributed by atoms with E-state index in [4.69, 9.17) is 5.73 Å². The Labute approximate surface area is 154 Å². The van der Waals surface area contributed by atoms with Crippen LogP contribution in [0.2, 0.25) is 0 Å². The quantitative estimate of drug-likeness (QED) is 0.774. The molecule has 0 radical (unpaired) electrons. The highest BCUT2D eigenvalue weighted by atomic mass is 16.2. The Morgan fingerprint density at radius 1 is 1.08 bits per heavy atom. The van der Waals surface area contributed by atoms with Crippen molar-refractivity contribution in [2.45, 2.75) is 44.7 Å². The SMILES string of the molecule is Cc1ccc(C(=O)Nc2cccc(CNC(=O)C3(N)CCCC3)c2)cc1. The number of nitrogens with one attached hydrogen (secondary N) is 2. The van der Waals surface area contributed by atoms with E-state index in [2.05, 4.69) is 10.6 Å². The van der Waals surface area contributed by atoms with Gasteiger partial charge in [0.25, 0.3) is 5.91 Å². The minimum atomic E-state index is -0.725. The molecule has 136 valence electrons. The average molecular weight is 351 g/mol. The van der Waals surface area contributed by atoms with E-state index in [1.807, 2.05) is 43.3 Å². The largest absolute Gasteiger partial charge is 0.350 e. The van der Waals surface area contributed by atoms with Crippen molar-refractivity contribution in [2.24, 2.45) is 5.73 Å². The van der Waals surface area contributed by atoms with Gasteiger partial charge < -0.3 is 16.4 Å². The van der Waals surface area contributed by atoms with Crippen LogP contribution in [-0.4, -0.2) is 17.4 Å². The minimum Gasteiger partial charge on any atom is -0.350 e. The Balaban J connectivity index is 1.60. The van der Waals surface area contributed by atoms with Crippen LogP contribution in [0, 0.1) is 6.92 Å². The molecule has 2 aromatic rings. The van der Waals surface area contributed by atoms with Crippen LogP contribution >= 0.6 is 0 Å². The number of benzene rings is 2. The molecule has 3 rings (SSSR count). The fraction of sp³-hybridized carbons (Fsp3) is 0.333. The maximum atomic E-state index is 12.3. The summed E-state index contributed by atoms with van der Waals surface area (Å²) >= 11 is 0. The lowest BCUT2D eigenvalue weighted by Crippen LogP contribution is -2.51. The Bertz CT molecular complexity index is 793. The summed E-state index contributed by atoms with van der Waals surface area (Å²) in [6.45, 7) is 2.38. The normalized spacial score (nSPS) is 15.5. The lowest BCUT2D eigenvalue weighted by Gasteiger charge is -2.22. The highest BCUT2D eigenvalue weighted by Gasteiger charge is 2.36. The molecule has 0 unspecified atom stereocenters. The summed E-state index contributed by atoms with van der Waals surface area (Å²) in [5.74, 6) is -0.248. The van der Waals surface area contributed by atoms with E-state index < -0.39 is 5.54 Å². The van der Waals surface area contributed by atoms with Gasteiger partial charge in [0, 0.05) is 17.8 Å². The summed E-state index contributed by atoms with van der Waals surface area (Å²) < 4.78 is 0. The van der Waals surface area contributed by atoms with Gasteiger partial charge in [0.15, 0.2) is 0 Å². The molecule has 5 heteroatoms. The number of anilines is 1. The molecule has 0 bridgehead atoms. The number of hydrogen-bond acceptors (Lipinski definition) is 3. The van der Waals surface area contributed by atoms with E-state index in [0.717, 1.165) is 36.8 Å². The first kappa shape index (κ1) is 18.1. The Morgan fingerprint density at radius 3 is 2.46 bits per heavy atom. The molecule has 0 saturated heterocycles. The molecule has 4 N–H and O–H groups in total. The standard InChI is InChI=1S/C21H25N3O2/c1-15-7-9-17(10-8-15)19(25)24-18-6-4-5-16(13-18)14-23-20(26)21(22)11-2-3-12-21/h4-10,13H,2-3,11-12,14,22H2,1H3,(H,23,26)(H,24,25). The van der Waals surface area contributed by atoms with Crippen LogP contribution in [-0.2, 0) is 11.3 Å². The number of amides is 2. The highest BCUT2D eigenvalue weighted by molar-refractivity contribution is 6.04. The molecular formula is C21H25N3O2. The zero-order valence-electron chi connectivity index (χ0n) is 15.0. The third kappa shape index (κ3) is 4.29. The monoisotopic (exact) mass is 351 g/mol. The number of hydrogen-bond donors (Lipinski definition) is 3. The van der Waals surface area contributed by atoms with E-state index in [9.17, 15) is 9.59 Å². The fourth-order valence-corrected chi connectivity index (χ4v) is 3.26. The summed E-state index contributed by atoms with van der Waals surface area (Å²) in [7, 11) is 0.